The number of esters is 2. The van der Waals surface area contributed by atoms with Gasteiger partial charge in [0.25, 0.3) is 0 Å². The van der Waals surface area contributed by atoms with Crippen LogP contribution in [-0.4, -0.2) is 24.1 Å². The smallest absolute Gasteiger partial charge is 0.306 e. The van der Waals surface area contributed by atoms with Crippen LogP contribution in [0.1, 0.15) is 104 Å². The average molecular weight is 367 g/mol. The van der Waals surface area contributed by atoms with Gasteiger partial charge < -0.3 is 9.47 Å². The van der Waals surface area contributed by atoms with Crippen molar-refractivity contribution in [1.82, 2.24) is 0 Å². The summed E-state index contributed by atoms with van der Waals surface area (Å²) in [5.41, 5.74) is 0. The molecule has 0 radical (unpaired) electrons. The highest BCUT2D eigenvalue weighted by Crippen LogP contribution is 2.27. The highest BCUT2D eigenvalue weighted by Gasteiger charge is 2.22. The maximum atomic E-state index is 11.9. The lowest BCUT2D eigenvalue weighted by Crippen LogP contribution is -2.23. The first-order valence-electron chi connectivity index (χ1n) is 10.9. The molecule has 26 heavy (non-hydrogen) atoms. The molecule has 0 saturated heterocycles. The van der Waals surface area contributed by atoms with Crippen molar-refractivity contribution >= 4 is 11.9 Å². The molecule has 150 valence electrons. The summed E-state index contributed by atoms with van der Waals surface area (Å²) in [7, 11) is 0. The Morgan fingerprint density at radius 2 is 0.962 bits per heavy atom. The van der Waals surface area contributed by atoms with E-state index >= 15 is 0 Å². The Labute approximate surface area is 159 Å². The summed E-state index contributed by atoms with van der Waals surface area (Å²) < 4.78 is 11.1. The zero-order valence-electron chi connectivity index (χ0n) is 16.8. The van der Waals surface area contributed by atoms with E-state index in [0.29, 0.717) is 12.8 Å². The normalized spacial score (nSPS) is 29.2. The van der Waals surface area contributed by atoms with Crippen molar-refractivity contribution in [3.63, 3.8) is 0 Å². The quantitative estimate of drug-likeness (QED) is 0.395. The standard InChI is InChI=1S/C22H38O4/c1-17-9-13-19(14-10-17)25-21(23)7-5-3-4-6-8-22(24)26-20-15-11-18(2)12-16-20/h17-20H,3-16H2,1-2H3. The van der Waals surface area contributed by atoms with Crippen LogP contribution in [0.2, 0.25) is 0 Å². The van der Waals surface area contributed by atoms with Crippen molar-refractivity contribution in [2.24, 2.45) is 11.8 Å². The van der Waals surface area contributed by atoms with E-state index in [1.165, 1.54) is 25.7 Å². The van der Waals surface area contributed by atoms with Crippen molar-refractivity contribution in [2.75, 3.05) is 0 Å². The van der Waals surface area contributed by atoms with Crippen LogP contribution in [-0.2, 0) is 19.1 Å². The first-order valence-corrected chi connectivity index (χ1v) is 10.9. The monoisotopic (exact) mass is 366 g/mol. The molecule has 2 fully saturated rings. The van der Waals surface area contributed by atoms with Gasteiger partial charge in [-0.3, -0.25) is 9.59 Å². The molecule has 0 atom stereocenters. The zero-order chi connectivity index (χ0) is 18.8. The second kappa shape index (κ2) is 11.6. The van der Waals surface area contributed by atoms with Crippen LogP contribution in [0.15, 0.2) is 0 Å². The van der Waals surface area contributed by atoms with Crippen LogP contribution < -0.4 is 0 Å². The molecule has 4 heteroatoms. The summed E-state index contributed by atoms with van der Waals surface area (Å²) >= 11 is 0. The number of unbranched alkanes of at least 4 members (excludes halogenated alkanes) is 3. The highest BCUT2D eigenvalue weighted by atomic mass is 16.5. The summed E-state index contributed by atoms with van der Waals surface area (Å²) in [5, 5.41) is 0. The third kappa shape index (κ3) is 8.55. The minimum Gasteiger partial charge on any atom is -0.462 e. The third-order valence-corrected chi connectivity index (χ3v) is 6.03. The van der Waals surface area contributed by atoms with Crippen LogP contribution >= 0.6 is 0 Å². The van der Waals surface area contributed by atoms with Gasteiger partial charge in [-0.25, -0.2) is 0 Å². The Kier molecular flexibility index (Phi) is 9.49. The molecule has 0 aromatic rings. The second-order valence-electron chi connectivity index (χ2n) is 8.66. The summed E-state index contributed by atoms with van der Waals surface area (Å²) in [6.45, 7) is 4.53. The van der Waals surface area contributed by atoms with Crippen LogP contribution in [0, 0.1) is 11.8 Å². The molecule has 0 amide bonds. The lowest BCUT2D eigenvalue weighted by atomic mass is 9.89. The van der Waals surface area contributed by atoms with Crippen molar-refractivity contribution < 1.29 is 19.1 Å². The SMILES string of the molecule is CC1CCC(OC(=O)CCCCCCC(=O)OC2CCC(C)CC2)CC1. The van der Waals surface area contributed by atoms with E-state index in [1.54, 1.807) is 0 Å². The van der Waals surface area contributed by atoms with E-state index in [-0.39, 0.29) is 24.1 Å². The minimum atomic E-state index is -0.0458. The van der Waals surface area contributed by atoms with Crippen LogP contribution in [0.25, 0.3) is 0 Å². The minimum absolute atomic E-state index is 0.0458. The van der Waals surface area contributed by atoms with Crippen molar-refractivity contribution in [3.05, 3.63) is 0 Å². The van der Waals surface area contributed by atoms with Gasteiger partial charge in [0, 0.05) is 12.8 Å². The molecule has 0 unspecified atom stereocenters. The van der Waals surface area contributed by atoms with Gasteiger partial charge in [0.15, 0.2) is 0 Å². The van der Waals surface area contributed by atoms with Crippen molar-refractivity contribution in [2.45, 2.75) is 116 Å². The summed E-state index contributed by atoms with van der Waals surface area (Å²) in [4.78, 5) is 23.8. The number of carbonyl (C=O) groups excluding carboxylic acids is 2. The Morgan fingerprint density at radius 1 is 0.615 bits per heavy atom. The maximum absolute atomic E-state index is 11.9. The molecule has 0 N–H and O–H groups in total. The van der Waals surface area contributed by atoms with Crippen molar-refractivity contribution in [3.8, 4) is 0 Å². The first-order chi connectivity index (χ1) is 12.5. The molecule has 0 aliphatic heterocycles. The zero-order valence-corrected chi connectivity index (χ0v) is 16.8. The van der Waals surface area contributed by atoms with Gasteiger partial charge >= 0.3 is 11.9 Å². The molecule has 2 aliphatic rings. The molecule has 4 nitrogen and oxygen atoms in total. The van der Waals surface area contributed by atoms with Crippen molar-refractivity contribution in [1.29, 1.82) is 0 Å². The van der Waals surface area contributed by atoms with E-state index in [9.17, 15) is 9.59 Å². The highest BCUT2D eigenvalue weighted by molar-refractivity contribution is 5.70. The molecule has 0 heterocycles. The van der Waals surface area contributed by atoms with Gasteiger partial charge in [0.2, 0.25) is 0 Å². The molecule has 0 aromatic heterocycles. The predicted molar refractivity (Wildman–Crippen MR) is 103 cm³/mol. The molecular weight excluding hydrogens is 328 g/mol. The van der Waals surface area contributed by atoms with Gasteiger partial charge in [-0.15, -0.1) is 0 Å². The van der Waals surface area contributed by atoms with Crippen LogP contribution in [0.4, 0.5) is 0 Å². The fraction of sp³-hybridized carbons (Fsp3) is 0.909. The van der Waals surface area contributed by atoms with Crippen LogP contribution in [0.5, 0.6) is 0 Å². The number of ether oxygens (including phenoxy) is 2. The van der Waals surface area contributed by atoms with E-state index in [1.807, 2.05) is 0 Å². The number of hydrogen-bond donors (Lipinski definition) is 0. The Morgan fingerprint density at radius 3 is 1.31 bits per heavy atom. The van der Waals surface area contributed by atoms with Gasteiger partial charge in [-0.1, -0.05) is 26.7 Å². The largest absolute Gasteiger partial charge is 0.462 e. The Hall–Kier alpha value is -1.06. The Balaban J connectivity index is 1.42. The molecule has 2 saturated carbocycles. The fourth-order valence-corrected chi connectivity index (χ4v) is 4.08. The lowest BCUT2D eigenvalue weighted by molar-refractivity contribution is -0.152. The molecular formula is C22H38O4. The van der Waals surface area contributed by atoms with E-state index < -0.39 is 0 Å². The molecule has 0 aromatic carbocycles. The second-order valence-corrected chi connectivity index (χ2v) is 8.66. The van der Waals surface area contributed by atoms with Gasteiger partial charge in [-0.05, 0) is 76.0 Å². The van der Waals surface area contributed by atoms with Gasteiger partial charge in [-0.2, -0.15) is 0 Å². The average Bonchev–Trinajstić information content (AvgIpc) is 2.62. The van der Waals surface area contributed by atoms with E-state index in [0.717, 1.165) is 63.2 Å². The maximum Gasteiger partial charge on any atom is 0.306 e. The summed E-state index contributed by atoms with van der Waals surface area (Å²) in [6.07, 6.45) is 13.8. The predicted octanol–water partition coefficient (Wildman–Crippen LogP) is 5.57. The third-order valence-electron chi connectivity index (χ3n) is 6.03. The molecule has 0 bridgehead atoms. The summed E-state index contributed by atoms with van der Waals surface area (Å²) in [6, 6.07) is 0. The van der Waals surface area contributed by atoms with Gasteiger partial charge in [0.05, 0.1) is 0 Å². The number of hydrogen-bond acceptors (Lipinski definition) is 4. The first kappa shape index (κ1) is 21.2. The van der Waals surface area contributed by atoms with Gasteiger partial charge in [0.1, 0.15) is 12.2 Å². The number of rotatable bonds is 9. The molecule has 2 aliphatic carbocycles. The van der Waals surface area contributed by atoms with E-state index in [4.69, 9.17) is 9.47 Å². The van der Waals surface area contributed by atoms with E-state index in [2.05, 4.69) is 13.8 Å². The lowest BCUT2D eigenvalue weighted by Gasteiger charge is -2.26. The fourth-order valence-electron chi connectivity index (χ4n) is 4.08. The molecule has 2 rings (SSSR count). The number of carbonyl (C=O) groups is 2. The topological polar surface area (TPSA) is 52.6 Å². The van der Waals surface area contributed by atoms with Crippen LogP contribution in [0.3, 0.4) is 0 Å². The summed E-state index contributed by atoms with van der Waals surface area (Å²) in [5.74, 6) is 1.46. The molecule has 0 spiro atoms. The Bertz CT molecular complexity index is 378.